The van der Waals surface area contributed by atoms with E-state index in [4.69, 9.17) is 0 Å². The fourth-order valence-electron chi connectivity index (χ4n) is 1.86. The Morgan fingerprint density at radius 1 is 0.913 bits per heavy atom. The van der Waals surface area contributed by atoms with Crippen molar-refractivity contribution >= 4 is 24.3 Å². The van der Waals surface area contributed by atoms with Gasteiger partial charge in [-0.1, -0.05) is 85.1 Å². The van der Waals surface area contributed by atoms with Crippen molar-refractivity contribution in [1.29, 1.82) is 0 Å². The van der Waals surface area contributed by atoms with E-state index in [1.165, 1.54) is 5.56 Å². The van der Waals surface area contributed by atoms with E-state index in [2.05, 4.69) is 31.1 Å². The molecule has 1 heterocycles. The third-order valence-electron chi connectivity index (χ3n) is 2.69. The van der Waals surface area contributed by atoms with Gasteiger partial charge in [0.2, 0.25) is 0 Å². The third kappa shape index (κ3) is 8.35. The maximum absolute atomic E-state index is 4.60. The molecule has 0 aromatic carbocycles. The molecule has 0 aliphatic rings. The second-order valence-electron chi connectivity index (χ2n) is 3.73. The zero-order valence-electron chi connectivity index (χ0n) is 16.8. The van der Waals surface area contributed by atoms with Crippen LogP contribution in [0.4, 0.5) is 0 Å². The topological polar surface area (TPSA) is 12.9 Å². The van der Waals surface area contributed by atoms with E-state index in [9.17, 15) is 0 Å². The molecule has 0 spiro atoms. The average Bonchev–Trinajstić information content (AvgIpc) is 2.64. The minimum atomic E-state index is 0.926. The second kappa shape index (κ2) is 18.2. The number of nitrogens with zero attached hydrogens (tertiary/aromatic N) is 1. The number of hydrogen-bond acceptors (Lipinski definition) is 1. The van der Waals surface area contributed by atoms with E-state index in [0.29, 0.717) is 0 Å². The van der Waals surface area contributed by atoms with Crippen LogP contribution in [0, 0.1) is 6.92 Å². The second-order valence-corrected chi connectivity index (χ2v) is 3.73. The largest absolute Gasteiger partial charge is 0.248 e. The molecule has 0 aliphatic heterocycles. The zero-order chi connectivity index (χ0) is 18.8. The van der Waals surface area contributed by atoms with E-state index >= 15 is 0 Å². The summed E-state index contributed by atoms with van der Waals surface area (Å²) in [6.45, 7) is 25.7. The van der Waals surface area contributed by atoms with Gasteiger partial charge in [-0.15, -0.1) is 0 Å². The smallest absolute Gasteiger partial charge is 0.0706 e. The Hall–Kier alpha value is -1.89. The van der Waals surface area contributed by atoms with Crippen LogP contribution in [0.25, 0.3) is 24.3 Å². The molecule has 1 heteroatoms. The summed E-state index contributed by atoms with van der Waals surface area (Å²) in [5, 5.41) is 2.10. The van der Waals surface area contributed by atoms with Crippen LogP contribution in [0.1, 0.15) is 72.2 Å². The normalized spacial score (nSPS) is 10.7. The molecule has 1 aromatic heterocycles. The van der Waals surface area contributed by atoms with Crippen LogP contribution >= 0.6 is 0 Å². The molecule has 0 unspecified atom stereocenters. The summed E-state index contributed by atoms with van der Waals surface area (Å²) in [5.74, 6) is 0. The van der Waals surface area contributed by atoms with Gasteiger partial charge < -0.3 is 0 Å². The van der Waals surface area contributed by atoms with Gasteiger partial charge in [-0.2, -0.15) is 0 Å². The summed E-state index contributed by atoms with van der Waals surface area (Å²) in [6.07, 6.45) is 11.7. The Morgan fingerprint density at radius 3 is 1.78 bits per heavy atom. The van der Waals surface area contributed by atoms with Crippen LogP contribution in [0.15, 0.2) is 25.3 Å². The molecular formula is C22H37N. The number of aromatic nitrogens is 1. The van der Waals surface area contributed by atoms with Gasteiger partial charge in [0, 0.05) is 10.8 Å². The molecule has 1 nitrogen and oxygen atoms in total. The highest BCUT2D eigenvalue weighted by atomic mass is 14.7. The molecule has 0 amide bonds. The van der Waals surface area contributed by atoms with Gasteiger partial charge in [0.1, 0.15) is 0 Å². The van der Waals surface area contributed by atoms with E-state index in [-0.39, 0.29) is 0 Å². The van der Waals surface area contributed by atoms with E-state index < -0.39 is 0 Å². The maximum Gasteiger partial charge on any atom is 0.0706 e. The number of rotatable bonds is 3. The van der Waals surface area contributed by atoms with E-state index in [1.54, 1.807) is 12.2 Å². The quantitative estimate of drug-likeness (QED) is 0.675. The standard InChI is InChI=1S/C16H19N.3C2H6/c1-6-10-13-12(5)14(11-7-2)16(9-4)17-15(13)8-3;3*1-2/h6-11H,1,4H2,2-3,5H3;3*1-2H3/b11-7-,13-10-,15-8+;;;. The zero-order valence-corrected chi connectivity index (χ0v) is 16.8. The van der Waals surface area contributed by atoms with Crippen molar-refractivity contribution in [1.82, 2.24) is 4.98 Å². The summed E-state index contributed by atoms with van der Waals surface area (Å²) in [7, 11) is 0. The van der Waals surface area contributed by atoms with Crippen LogP contribution in [0.3, 0.4) is 0 Å². The van der Waals surface area contributed by atoms with Gasteiger partial charge >= 0.3 is 0 Å². The van der Waals surface area contributed by atoms with Crippen molar-refractivity contribution < 1.29 is 0 Å². The Labute approximate surface area is 144 Å². The van der Waals surface area contributed by atoms with Crippen molar-refractivity contribution in [3.05, 3.63) is 52.7 Å². The molecule has 0 saturated carbocycles. The van der Waals surface area contributed by atoms with Gasteiger partial charge in [-0.05, 0) is 32.4 Å². The van der Waals surface area contributed by atoms with Crippen molar-refractivity contribution in [2.24, 2.45) is 0 Å². The molecule has 0 fully saturated rings. The predicted molar refractivity (Wildman–Crippen MR) is 112 cm³/mol. The molecule has 1 aromatic rings. The monoisotopic (exact) mass is 315 g/mol. The van der Waals surface area contributed by atoms with E-state index in [1.807, 2.05) is 73.6 Å². The number of pyridine rings is 1. The first-order valence-corrected chi connectivity index (χ1v) is 8.74. The van der Waals surface area contributed by atoms with Gasteiger partial charge in [0.15, 0.2) is 0 Å². The molecule has 0 saturated heterocycles. The molecule has 0 radical (unpaired) electrons. The minimum Gasteiger partial charge on any atom is -0.248 e. The lowest BCUT2D eigenvalue weighted by Gasteiger charge is -2.06. The fraction of sp³-hybridized carbons (Fsp3) is 0.409. The van der Waals surface area contributed by atoms with Gasteiger partial charge in [0.05, 0.1) is 11.0 Å². The molecule has 0 aliphatic carbocycles. The van der Waals surface area contributed by atoms with Gasteiger partial charge in [-0.25, -0.2) is 4.98 Å². The third-order valence-corrected chi connectivity index (χ3v) is 2.69. The van der Waals surface area contributed by atoms with E-state index in [0.717, 1.165) is 21.8 Å². The summed E-state index contributed by atoms with van der Waals surface area (Å²) < 4.78 is 0. The molecule has 0 bridgehead atoms. The Balaban J connectivity index is -0.000000595. The van der Waals surface area contributed by atoms with Gasteiger partial charge in [-0.3, -0.25) is 0 Å². The lowest BCUT2D eigenvalue weighted by Crippen LogP contribution is -2.32. The average molecular weight is 316 g/mol. The first kappa shape index (κ1) is 26.0. The minimum absolute atomic E-state index is 0.926. The summed E-state index contributed by atoms with van der Waals surface area (Å²) in [6, 6.07) is 0. The molecule has 0 N–H and O–H groups in total. The summed E-state index contributed by atoms with van der Waals surface area (Å²) in [5.41, 5.74) is 3.26. The highest BCUT2D eigenvalue weighted by Gasteiger charge is 2.04. The SMILES string of the molecule is C=C/C=c1/c(C)c(/C=C\C)c(C=C)n/c1=C/C.CC.CC.CC. The molecule has 23 heavy (non-hydrogen) atoms. The fourth-order valence-corrected chi connectivity index (χ4v) is 1.86. The van der Waals surface area contributed by atoms with Crippen LogP contribution in [0.2, 0.25) is 0 Å². The highest BCUT2D eigenvalue weighted by Crippen LogP contribution is 2.10. The Bertz CT molecular complexity index is 575. The van der Waals surface area contributed by atoms with Gasteiger partial charge in [0.25, 0.3) is 0 Å². The molecular weight excluding hydrogens is 278 g/mol. The van der Waals surface area contributed by atoms with Crippen molar-refractivity contribution in [3.8, 4) is 0 Å². The summed E-state index contributed by atoms with van der Waals surface area (Å²) >= 11 is 0. The Morgan fingerprint density at radius 2 is 1.43 bits per heavy atom. The van der Waals surface area contributed by atoms with Crippen molar-refractivity contribution in [2.75, 3.05) is 0 Å². The number of allylic oxidation sites excluding steroid dienone is 2. The summed E-state index contributed by atoms with van der Waals surface area (Å²) in [4.78, 5) is 4.60. The maximum atomic E-state index is 4.60. The lowest BCUT2D eigenvalue weighted by molar-refractivity contribution is 1.15. The first-order valence-electron chi connectivity index (χ1n) is 8.74. The molecule has 130 valence electrons. The molecule has 1 rings (SSSR count). The van der Waals surface area contributed by atoms with Crippen LogP contribution in [0.5, 0.6) is 0 Å². The van der Waals surface area contributed by atoms with Crippen LogP contribution < -0.4 is 10.6 Å². The van der Waals surface area contributed by atoms with Crippen molar-refractivity contribution in [3.63, 3.8) is 0 Å². The van der Waals surface area contributed by atoms with Crippen LogP contribution in [-0.2, 0) is 0 Å². The number of hydrogen-bond donors (Lipinski definition) is 0. The molecule has 0 atom stereocenters. The Kier molecular flexibility index (Phi) is 20.6. The first-order chi connectivity index (χ1) is 11.2. The lowest BCUT2D eigenvalue weighted by atomic mass is 10.0. The predicted octanol–water partition coefficient (Wildman–Crippen LogP) is 5.91. The highest BCUT2D eigenvalue weighted by molar-refractivity contribution is 5.65. The van der Waals surface area contributed by atoms with Crippen LogP contribution in [-0.4, -0.2) is 4.98 Å². The van der Waals surface area contributed by atoms with Crippen molar-refractivity contribution in [2.45, 2.75) is 62.3 Å².